The van der Waals surface area contributed by atoms with Crippen molar-refractivity contribution in [2.75, 3.05) is 18.0 Å². The zero-order valence-corrected chi connectivity index (χ0v) is 13.8. The van der Waals surface area contributed by atoms with Crippen LogP contribution in [0.1, 0.15) is 45.1 Å². The Morgan fingerprint density at radius 3 is 2.50 bits per heavy atom. The summed E-state index contributed by atoms with van der Waals surface area (Å²) in [7, 11) is 0. The molecule has 2 amide bonds. The van der Waals surface area contributed by atoms with Crippen molar-refractivity contribution in [1.82, 2.24) is 4.90 Å². The van der Waals surface area contributed by atoms with Gasteiger partial charge in [0.2, 0.25) is 11.8 Å². The Morgan fingerprint density at radius 2 is 1.91 bits per heavy atom. The van der Waals surface area contributed by atoms with Crippen molar-refractivity contribution in [2.24, 2.45) is 0 Å². The minimum Gasteiger partial charge on any atom is -0.338 e. The molecular formula is C18H26N2O2. The summed E-state index contributed by atoms with van der Waals surface area (Å²) in [6, 6.07) is 8.06. The lowest BCUT2D eigenvalue weighted by atomic mass is 10.00. The fourth-order valence-electron chi connectivity index (χ4n) is 3.09. The van der Waals surface area contributed by atoms with Gasteiger partial charge in [-0.15, -0.1) is 0 Å². The van der Waals surface area contributed by atoms with Gasteiger partial charge in [-0.25, -0.2) is 0 Å². The first kappa shape index (κ1) is 16.5. The Labute approximate surface area is 133 Å². The Balaban J connectivity index is 2.11. The molecule has 1 fully saturated rings. The van der Waals surface area contributed by atoms with E-state index in [1.807, 2.05) is 36.1 Å². The molecule has 120 valence electrons. The number of carbonyl (C=O) groups is 2. The van der Waals surface area contributed by atoms with Gasteiger partial charge in [0.25, 0.3) is 0 Å². The van der Waals surface area contributed by atoms with Gasteiger partial charge in [0.1, 0.15) is 6.54 Å². The third-order valence-electron chi connectivity index (χ3n) is 4.44. The van der Waals surface area contributed by atoms with E-state index < -0.39 is 0 Å². The number of amides is 2. The second-order valence-electron chi connectivity index (χ2n) is 6.09. The summed E-state index contributed by atoms with van der Waals surface area (Å²) in [5.41, 5.74) is 1.93. The van der Waals surface area contributed by atoms with Gasteiger partial charge in [-0.3, -0.25) is 9.59 Å². The first-order valence-corrected chi connectivity index (χ1v) is 8.17. The van der Waals surface area contributed by atoms with E-state index in [2.05, 4.69) is 6.92 Å². The lowest BCUT2D eigenvalue weighted by Gasteiger charge is -2.36. The Kier molecular flexibility index (Phi) is 5.58. The van der Waals surface area contributed by atoms with Crippen LogP contribution >= 0.6 is 0 Å². The van der Waals surface area contributed by atoms with E-state index in [9.17, 15) is 9.59 Å². The summed E-state index contributed by atoms with van der Waals surface area (Å²) in [6.07, 6.45) is 4.31. The third kappa shape index (κ3) is 3.87. The van der Waals surface area contributed by atoms with Crippen LogP contribution in [-0.2, 0) is 9.59 Å². The summed E-state index contributed by atoms with van der Waals surface area (Å²) in [5.74, 6) is -0.0374. The number of hydrogen-bond donors (Lipinski definition) is 0. The summed E-state index contributed by atoms with van der Waals surface area (Å²) < 4.78 is 0. The molecule has 0 aromatic heterocycles. The predicted octanol–water partition coefficient (Wildman–Crippen LogP) is 3.14. The highest BCUT2D eigenvalue weighted by Gasteiger charge is 2.27. The van der Waals surface area contributed by atoms with Crippen LogP contribution < -0.4 is 4.90 Å². The van der Waals surface area contributed by atoms with Crippen LogP contribution in [-0.4, -0.2) is 35.8 Å². The molecule has 1 aliphatic heterocycles. The van der Waals surface area contributed by atoms with Crippen molar-refractivity contribution in [2.45, 2.75) is 52.5 Å². The number of carbonyl (C=O) groups excluding carboxylic acids is 2. The van der Waals surface area contributed by atoms with Crippen LogP contribution in [0.5, 0.6) is 0 Å². The number of piperidine rings is 1. The van der Waals surface area contributed by atoms with E-state index >= 15 is 0 Å². The van der Waals surface area contributed by atoms with Gasteiger partial charge in [-0.2, -0.15) is 0 Å². The highest BCUT2D eigenvalue weighted by Crippen LogP contribution is 2.21. The number of anilines is 1. The van der Waals surface area contributed by atoms with Crippen LogP contribution in [0.3, 0.4) is 0 Å². The average Bonchev–Trinajstić information content (AvgIpc) is 2.53. The molecular weight excluding hydrogens is 276 g/mol. The van der Waals surface area contributed by atoms with E-state index in [4.69, 9.17) is 0 Å². The molecule has 0 N–H and O–H groups in total. The first-order chi connectivity index (χ1) is 10.5. The minimum atomic E-state index is -0.0951. The standard InChI is InChI=1S/C18H26N2O2/c1-4-16-7-5-6-12-19(16)18(22)13-20(15(3)21)17-10-8-14(2)9-11-17/h8-11,16H,4-7,12-13H2,1-3H3. The monoisotopic (exact) mass is 302 g/mol. The number of nitrogens with zero attached hydrogens (tertiary/aromatic N) is 2. The summed E-state index contributed by atoms with van der Waals surface area (Å²) >= 11 is 0. The van der Waals surface area contributed by atoms with Gasteiger partial charge >= 0.3 is 0 Å². The molecule has 1 atom stereocenters. The number of benzene rings is 1. The van der Waals surface area contributed by atoms with Gasteiger partial charge in [0, 0.05) is 25.2 Å². The van der Waals surface area contributed by atoms with Gasteiger partial charge in [0.05, 0.1) is 0 Å². The molecule has 4 nitrogen and oxygen atoms in total. The van der Waals surface area contributed by atoms with Crippen molar-refractivity contribution >= 4 is 17.5 Å². The minimum absolute atomic E-state index is 0.0577. The highest BCUT2D eigenvalue weighted by atomic mass is 16.2. The van der Waals surface area contributed by atoms with Gasteiger partial charge in [0.15, 0.2) is 0 Å². The summed E-state index contributed by atoms with van der Waals surface area (Å²) in [6.45, 7) is 6.60. The maximum absolute atomic E-state index is 12.7. The van der Waals surface area contributed by atoms with Crippen molar-refractivity contribution in [3.63, 3.8) is 0 Å². The second-order valence-corrected chi connectivity index (χ2v) is 6.09. The lowest BCUT2D eigenvalue weighted by molar-refractivity contribution is -0.134. The van der Waals surface area contributed by atoms with E-state index in [1.165, 1.54) is 13.3 Å². The molecule has 0 bridgehead atoms. The van der Waals surface area contributed by atoms with Crippen molar-refractivity contribution in [3.05, 3.63) is 29.8 Å². The van der Waals surface area contributed by atoms with Gasteiger partial charge in [-0.1, -0.05) is 24.6 Å². The number of rotatable bonds is 4. The predicted molar refractivity (Wildman–Crippen MR) is 88.8 cm³/mol. The summed E-state index contributed by atoms with van der Waals surface area (Å²) in [5, 5.41) is 0. The Hall–Kier alpha value is -1.84. The Morgan fingerprint density at radius 1 is 1.23 bits per heavy atom. The van der Waals surface area contributed by atoms with Crippen molar-refractivity contribution in [1.29, 1.82) is 0 Å². The molecule has 0 radical (unpaired) electrons. The summed E-state index contributed by atoms with van der Waals surface area (Å²) in [4.78, 5) is 28.1. The second kappa shape index (κ2) is 7.43. The van der Waals surface area contributed by atoms with Crippen molar-refractivity contribution < 1.29 is 9.59 Å². The molecule has 0 spiro atoms. The smallest absolute Gasteiger partial charge is 0.242 e. The number of hydrogen-bond acceptors (Lipinski definition) is 2. The maximum atomic E-state index is 12.7. The van der Waals surface area contributed by atoms with Crippen LogP contribution in [0.15, 0.2) is 24.3 Å². The molecule has 4 heteroatoms. The third-order valence-corrected chi connectivity index (χ3v) is 4.44. The van der Waals surface area contributed by atoms with Crippen LogP contribution in [0.25, 0.3) is 0 Å². The maximum Gasteiger partial charge on any atom is 0.242 e. The molecule has 1 saturated heterocycles. The molecule has 22 heavy (non-hydrogen) atoms. The van der Waals surface area contributed by atoms with Crippen LogP contribution in [0.2, 0.25) is 0 Å². The number of aryl methyl sites for hydroxylation is 1. The molecule has 1 aromatic carbocycles. The molecule has 1 heterocycles. The quantitative estimate of drug-likeness (QED) is 0.857. The molecule has 1 unspecified atom stereocenters. The van der Waals surface area contributed by atoms with E-state index in [0.29, 0.717) is 6.04 Å². The molecule has 2 rings (SSSR count). The SMILES string of the molecule is CCC1CCCCN1C(=O)CN(C(C)=O)c1ccc(C)cc1. The first-order valence-electron chi connectivity index (χ1n) is 8.17. The zero-order valence-electron chi connectivity index (χ0n) is 13.8. The molecule has 0 saturated carbocycles. The largest absolute Gasteiger partial charge is 0.338 e. The van der Waals surface area contributed by atoms with Gasteiger partial charge < -0.3 is 9.80 Å². The number of likely N-dealkylation sites (tertiary alicyclic amines) is 1. The fraction of sp³-hybridized carbons (Fsp3) is 0.556. The Bertz CT molecular complexity index is 524. The van der Waals surface area contributed by atoms with E-state index in [-0.39, 0.29) is 18.4 Å². The van der Waals surface area contributed by atoms with Crippen molar-refractivity contribution in [3.8, 4) is 0 Å². The van der Waals surface area contributed by atoms with Crippen LogP contribution in [0.4, 0.5) is 5.69 Å². The van der Waals surface area contributed by atoms with Crippen LogP contribution in [0, 0.1) is 6.92 Å². The topological polar surface area (TPSA) is 40.6 Å². The fourth-order valence-corrected chi connectivity index (χ4v) is 3.09. The van der Waals surface area contributed by atoms with Gasteiger partial charge in [-0.05, 0) is 44.7 Å². The highest BCUT2D eigenvalue weighted by molar-refractivity contribution is 5.97. The normalized spacial score (nSPS) is 18.1. The molecule has 1 aliphatic rings. The lowest BCUT2D eigenvalue weighted by Crippen LogP contribution is -2.48. The van der Waals surface area contributed by atoms with E-state index in [1.54, 1.807) is 4.90 Å². The molecule has 0 aliphatic carbocycles. The zero-order chi connectivity index (χ0) is 16.1. The molecule has 1 aromatic rings. The average molecular weight is 302 g/mol. The van der Waals surface area contributed by atoms with E-state index in [0.717, 1.165) is 37.1 Å².